The molecule has 1 fully saturated rings. The van der Waals surface area contributed by atoms with Gasteiger partial charge in [0, 0.05) is 6.42 Å². The summed E-state index contributed by atoms with van der Waals surface area (Å²) < 4.78 is 45.1. The summed E-state index contributed by atoms with van der Waals surface area (Å²) >= 11 is 0. The van der Waals surface area contributed by atoms with Crippen molar-refractivity contribution in [3.05, 3.63) is 60.7 Å². The second-order valence-corrected chi connectivity index (χ2v) is 21.0. The average molecular weight is 988 g/mol. The Labute approximate surface area is 417 Å². The SMILES string of the molecule is CCCCCCCCCCCCC(CCCCCCCCC)CC(=O)O[C@H]1[C@H](OP(=O)(Oc2ccccc2)Oc2ccccc2)[C@@H](CO)OC(O)[C@@H]1NC(=O)C[C@H](O)CCCCCCCCCCC. The fourth-order valence-electron chi connectivity index (χ4n) is 9.27. The Morgan fingerprint density at radius 2 is 1.00 bits per heavy atom. The molecule has 12 nitrogen and oxygen atoms in total. The van der Waals surface area contributed by atoms with Crippen molar-refractivity contribution in [2.75, 3.05) is 6.61 Å². The number of phosphoric acid groups is 1. The number of hydrogen-bond donors (Lipinski definition) is 4. The molecule has 0 saturated carbocycles. The van der Waals surface area contributed by atoms with Gasteiger partial charge in [0.1, 0.15) is 29.7 Å². The molecule has 13 heteroatoms. The van der Waals surface area contributed by atoms with Crippen molar-refractivity contribution < 1.29 is 52.5 Å². The monoisotopic (exact) mass is 988 g/mol. The zero-order valence-corrected chi connectivity index (χ0v) is 43.9. The van der Waals surface area contributed by atoms with Crippen LogP contribution in [0.5, 0.6) is 11.5 Å². The summed E-state index contributed by atoms with van der Waals surface area (Å²) in [6.45, 7) is 5.93. The van der Waals surface area contributed by atoms with Crippen molar-refractivity contribution in [2.45, 2.75) is 257 Å². The molecule has 0 radical (unpaired) electrons. The summed E-state index contributed by atoms with van der Waals surface area (Å²) in [5, 5.41) is 35.9. The summed E-state index contributed by atoms with van der Waals surface area (Å²) in [4.78, 5) is 28.0. The van der Waals surface area contributed by atoms with Crippen LogP contribution in [0.25, 0.3) is 0 Å². The zero-order chi connectivity index (χ0) is 49.8. The lowest BCUT2D eigenvalue weighted by Gasteiger charge is -2.44. The second kappa shape index (κ2) is 37.7. The van der Waals surface area contributed by atoms with E-state index >= 15 is 0 Å². The molecule has 2 aromatic rings. The first kappa shape index (κ1) is 60.3. The molecule has 3 rings (SSSR count). The molecule has 0 spiro atoms. The number of phosphoric ester groups is 1. The van der Waals surface area contributed by atoms with Crippen LogP contribution >= 0.6 is 7.82 Å². The summed E-state index contributed by atoms with van der Waals surface area (Å²) in [6.07, 6.45) is 25.2. The Balaban J connectivity index is 1.82. The Bertz CT molecular complexity index is 1570. The van der Waals surface area contributed by atoms with Gasteiger partial charge in [0.2, 0.25) is 5.91 Å². The molecule has 1 amide bonds. The van der Waals surface area contributed by atoms with Gasteiger partial charge in [0.05, 0.1) is 19.1 Å². The van der Waals surface area contributed by atoms with Crippen LogP contribution in [0, 0.1) is 5.92 Å². The largest absolute Gasteiger partial charge is 0.588 e. The molecule has 394 valence electrons. The lowest BCUT2D eigenvalue weighted by Crippen LogP contribution is -2.66. The number of carbonyl (C=O) groups excluding carboxylic acids is 2. The molecule has 4 N–H and O–H groups in total. The van der Waals surface area contributed by atoms with Crippen LogP contribution < -0.4 is 14.4 Å². The normalized spacial score (nSPS) is 19.2. The van der Waals surface area contributed by atoms with E-state index in [4.69, 9.17) is 23.0 Å². The molecule has 0 bridgehead atoms. The highest BCUT2D eigenvalue weighted by molar-refractivity contribution is 7.49. The van der Waals surface area contributed by atoms with Crippen LogP contribution in [-0.4, -0.2) is 70.6 Å². The van der Waals surface area contributed by atoms with E-state index in [2.05, 4.69) is 26.1 Å². The number of aliphatic hydroxyl groups excluding tert-OH is 3. The first-order chi connectivity index (χ1) is 33.6. The third-order valence-electron chi connectivity index (χ3n) is 13.3. The fourth-order valence-corrected chi connectivity index (χ4v) is 10.7. The topological polar surface area (TPSA) is 170 Å². The van der Waals surface area contributed by atoms with Crippen molar-refractivity contribution in [1.82, 2.24) is 5.32 Å². The zero-order valence-electron chi connectivity index (χ0n) is 43.0. The number of benzene rings is 2. The minimum Gasteiger partial charge on any atom is -0.457 e. The summed E-state index contributed by atoms with van der Waals surface area (Å²) in [5.41, 5.74) is 0. The van der Waals surface area contributed by atoms with E-state index in [1.54, 1.807) is 60.7 Å². The van der Waals surface area contributed by atoms with Crippen molar-refractivity contribution >= 4 is 19.7 Å². The van der Waals surface area contributed by atoms with E-state index < -0.39 is 63.1 Å². The molecule has 0 aromatic heterocycles. The smallest absolute Gasteiger partial charge is 0.457 e. The van der Waals surface area contributed by atoms with Crippen LogP contribution in [0.15, 0.2) is 60.7 Å². The third-order valence-corrected chi connectivity index (χ3v) is 14.7. The third kappa shape index (κ3) is 26.9. The number of hydrogen-bond acceptors (Lipinski definition) is 11. The minimum atomic E-state index is -4.70. The number of amides is 1. The summed E-state index contributed by atoms with van der Waals surface area (Å²) in [7, 11) is -4.70. The molecule has 69 heavy (non-hydrogen) atoms. The molecule has 2 aromatic carbocycles. The van der Waals surface area contributed by atoms with Crippen LogP contribution in [0.4, 0.5) is 0 Å². The van der Waals surface area contributed by atoms with E-state index in [9.17, 15) is 29.5 Å². The van der Waals surface area contributed by atoms with Crippen molar-refractivity contribution in [2.24, 2.45) is 5.92 Å². The molecule has 2 unspecified atom stereocenters. The molecule has 0 aliphatic carbocycles. The average Bonchev–Trinajstić information content (AvgIpc) is 3.33. The molecular formula is C56H94NO11P. The minimum absolute atomic E-state index is 0.0399. The lowest BCUT2D eigenvalue weighted by atomic mass is 9.91. The predicted octanol–water partition coefficient (Wildman–Crippen LogP) is 13.9. The van der Waals surface area contributed by atoms with E-state index in [1.807, 2.05) is 0 Å². The number of para-hydroxylation sites is 2. The molecular weight excluding hydrogens is 894 g/mol. The van der Waals surface area contributed by atoms with Crippen molar-refractivity contribution in [1.29, 1.82) is 0 Å². The maximum Gasteiger partial charge on any atom is 0.588 e. The molecule has 1 aliphatic heterocycles. The Morgan fingerprint density at radius 1 is 0.594 bits per heavy atom. The van der Waals surface area contributed by atoms with Crippen molar-refractivity contribution in [3.8, 4) is 11.5 Å². The Kier molecular flexibility index (Phi) is 33.0. The van der Waals surface area contributed by atoms with Gasteiger partial charge in [0.25, 0.3) is 0 Å². The van der Waals surface area contributed by atoms with Crippen LogP contribution in [0.3, 0.4) is 0 Å². The first-order valence-electron chi connectivity index (χ1n) is 27.5. The highest BCUT2D eigenvalue weighted by Gasteiger charge is 2.53. The summed E-state index contributed by atoms with van der Waals surface area (Å²) in [6, 6.07) is 15.2. The number of ether oxygens (including phenoxy) is 2. The summed E-state index contributed by atoms with van der Waals surface area (Å²) in [5.74, 6) is -0.817. The molecule has 1 aliphatic rings. The van der Waals surface area contributed by atoms with E-state index in [0.717, 1.165) is 77.0 Å². The molecule has 1 heterocycles. The maximum absolute atomic E-state index is 14.8. The first-order valence-corrected chi connectivity index (χ1v) is 29.0. The number of aliphatic hydroxyl groups is 3. The van der Waals surface area contributed by atoms with E-state index in [0.29, 0.717) is 6.42 Å². The van der Waals surface area contributed by atoms with Crippen LogP contribution in [0.2, 0.25) is 0 Å². The maximum atomic E-state index is 14.8. The van der Waals surface area contributed by atoms with Gasteiger partial charge in [-0.2, -0.15) is 0 Å². The van der Waals surface area contributed by atoms with Gasteiger partial charge in [-0.15, -0.1) is 0 Å². The van der Waals surface area contributed by atoms with E-state index in [-0.39, 0.29) is 30.3 Å². The number of rotatable bonds is 42. The lowest BCUT2D eigenvalue weighted by molar-refractivity contribution is -0.255. The van der Waals surface area contributed by atoms with Crippen LogP contribution in [0.1, 0.15) is 220 Å². The number of nitrogens with one attached hydrogen (secondary N) is 1. The predicted molar refractivity (Wildman–Crippen MR) is 276 cm³/mol. The quantitative estimate of drug-likeness (QED) is 0.0284. The molecule has 7 atom stereocenters. The van der Waals surface area contributed by atoms with Gasteiger partial charge in [-0.3, -0.25) is 14.1 Å². The highest BCUT2D eigenvalue weighted by atomic mass is 31.2. The van der Waals surface area contributed by atoms with Gasteiger partial charge < -0.3 is 39.2 Å². The highest BCUT2D eigenvalue weighted by Crippen LogP contribution is 2.52. The van der Waals surface area contributed by atoms with E-state index in [1.165, 1.54) is 103 Å². The van der Waals surface area contributed by atoms with Gasteiger partial charge in [-0.25, -0.2) is 4.57 Å². The van der Waals surface area contributed by atoms with Crippen LogP contribution in [-0.2, 0) is 28.2 Å². The number of unbranched alkanes of at least 4 members (excludes halogenated alkanes) is 23. The van der Waals surface area contributed by atoms with Gasteiger partial charge >= 0.3 is 13.8 Å². The Morgan fingerprint density at radius 3 is 1.42 bits per heavy atom. The van der Waals surface area contributed by atoms with Crippen molar-refractivity contribution in [3.63, 3.8) is 0 Å². The van der Waals surface area contributed by atoms with Gasteiger partial charge in [-0.05, 0) is 49.4 Å². The van der Waals surface area contributed by atoms with Gasteiger partial charge in [-0.1, -0.05) is 224 Å². The molecule has 1 saturated heterocycles. The number of esters is 1. The van der Waals surface area contributed by atoms with Gasteiger partial charge in [0.15, 0.2) is 12.4 Å². The Hall–Kier alpha value is -2.99. The number of carbonyl (C=O) groups is 2. The second-order valence-electron chi connectivity index (χ2n) is 19.5. The standard InChI is InChI=1S/C56H94NO11P/c1-4-7-10-13-16-18-20-22-25-30-37-46(36-29-24-21-15-12-9-6-3)43-52(61)65-55-53(57-51(60)44-47(59)38-31-26-23-19-17-14-11-8-5-2)56(62)64-50(45-58)54(55)68-69(63,66-48-39-32-27-33-40-48)67-49-41-34-28-35-42-49/h27-28,32-35,39-42,46-47,50,53-56,58-59,62H,4-26,29-31,36-38,43-45H2,1-3H3,(H,57,60)/t46?,47-,50-,53-,54-,55-,56?/m1/s1. The fraction of sp³-hybridized carbons (Fsp3) is 0.750.